The van der Waals surface area contributed by atoms with E-state index in [1.54, 1.807) is 42.5 Å². The molecule has 2 aliphatic rings. The zero-order valence-electron chi connectivity index (χ0n) is 18.0. The number of amides is 2. The molecule has 2 heterocycles. The van der Waals surface area contributed by atoms with E-state index in [0.29, 0.717) is 37.5 Å². The highest BCUT2D eigenvalue weighted by atomic mass is 32.2. The van der Waals surface area contributed by atoms with E-state index in [1.165, 1.54) is 4.31 Å². The van der Waals surface area contributed by atoms with Gasteiger partial charge in [-0.15, -0.1) is 0 Å². The van der Waals surface area contributed by atoms with E-state index >= 15 is 0 Å². The number of hydrogen-bond donors (Lipinski definition) is 2. The molecule has 2 N–H and O–H groups in total. The van der Waals surface area contributed by atoms with Gasteiger partial charge in [-0.2, -0.15) is 0 Å². The maximum absolute atomic E-state index is 13.3. The molecule has 0 spiro atoms. The van der Waals surface area contributed by atoms with Crippen molar-refractivity contribution in [2.45, 2.75) is 43.6 Å². The van der Waals surface area contributed by atoms with Gasteiger partial charge in [0.25, 0.3) is 10.0 Å². The van der Waals surface area contributed by atoms with Crippen LogP contribution in [0.3, 0.4) is 0 Å². The first-order valence-corrected chi connectivity index (χ1v) is 12.2. The molecule has 1 saturated heterocycles. The summed E-state index contributed by atoms with van der Waals surface area (Å²) in [5.41, 5.74) is 2.75. The fourth-order valence-corrected chi connectivity index (χ4v) is 5.52. The molecule has 1 unspecified atom stereocenters. The minimum atomic E-state index is -3.74. The second-order valence-electron chi connectivity index (χ2n) is 8.14. The van der Waals surface area contributed by atoms with Gasteiger partial charge in [0.05, 0.1) is 16.7 Å². The van der Waals surface area contributed by atoms with Crippen LogP contribution in [0.5, 0.6) is 0 Å². The highest BCUT2D eigenvalue weighted by Crippen LogP contribution is 2.34. The van der Waals surface area contributed by atoms with Crippen molar-refractivity contribution in [1.29, 1.82) is 0 Å². The summed E-state index contributed by atoms with van der Waals surface area (Å²) in [4.78, 5) is 24.7. The number of hydrogen-bond acceptors (Lipinski definition) is 5. The molecule has 4 rings (SSSR count). The molecule has 0 aliphatic carbocycles. The average Bonchev–Trinajstić information content (AvgIpc) is 3.31. The van der Waals surface area contributed by atoms with Gasteiger partial charge in [0, 0.05) is 25.4 Å². The molecule has 0 saturated carbocycles. The van der Waals surface area contributed by atoms with Crippen LogP contribution < -0.4 is 14.9 Å². The molecule has 1 fully saturated rings. The monoisotopic (exact) mass is 457 g/mol. The van der Waals surface area contributed by atoms with Gasteiger partial charge in [-0.25, -0.2) is 8.42 Å². The SMILES string of the molecule is Cc1ccc(S(=O)(=O)N2CCCc3ccc(NC(=O)C(=O)NCC4CCCO4)cc32)cc1. The molecule has 0 bridgehead atoms. The summed E-state index contributed by atoms with van der Waals surface area (Å²) in [7, 11) is -3.74. The summed E-state index contributed by atoms with van der Waals surface area (Å²) in [6.07, 6.45) is 3.19. The topological polar surface area (TPSA) is 105 Å². The minimum Gasteiger partial charge on any atom is -0.376 e. The quantitative estimate of drug-likeness (QED) is 0.671. The molecule has 9 heteroatoms. The molecule has 1 atom stereocenters. The predicted octanol–water partition coefficient (Wildman–Crippen LogP) is 2.37. The predicted molar refractivity (Wildman–Crippen MR) is 121 cm³/mol. The van der Waals surface area contributed by atoms with E-state index in [4.69, 9.17) is 4.74 Å². The first-order chi connectivity index (χ1) is 15.3. The number of carbonyl (C=O) groups is 2. The lowest BCUT2D eigenvalue weighted by Crippen LogP contribution is -2.39. The molecular formula is C23H27N3O5S. The van der Waals surface area contributed by atoms with Crippen molar-refractivity contribution in [3.63, 3.8) is 0 Å². The third kappa shape index (κ3) is 4.78. The second kappa shape index (κ2) is 9.30. The standard InChI is InChI=1S/C23H27N3O5S/c1-16-6-10-20(11-7-16)32(29,30)26-12-2-4-17-8-9-18(14-21(17)26)25-23(28)22(27)24-15-19-5-3-13-31-19/h6-11,14,19H,2-5,12-13,15H2,1H3,(H,24,27)(H,25,28). The highest BCUT2D eigenvalue weighted by molar-refractivity contribution is 7.92. The zero-order chi connectivity index (χ0) is 22.7. The largest absolute Gasteiger partial charge is 0.376 e. The van der Waals surface area contributed by atoms with Crippen LogP contribution in [0, 0.1) is 6.92 Å². The lowest BCUT2D eigenvalue weighted by molar-refractivity contribution is -0.136. The molecule has 8 nitrogen and oxygen atoms in total. The van der Waals surface area contributed by atoms with Crippen molar-refractivity contribution in [2.75, 3.05) is 29.3 Å². The van der Waals surface area contributed by atoms with Gasteiger partial charge < -0.3 is 15.4 Å². The van der Waals surface area contributed by atoms with Crippen molar-refractivity contribution in [1.82, 2.24) is 5.32 Å². The van der Waals surface area contributed by atoms with Gasteiger partial charge >= 0.3 is 11.8 Å². The molecule has 0 radical (unpaired) electrons. The molecule has 2 aliphatic heterocycles. The van der Waals surface area contributed by atoms with Gasteiger partial charge in [0.1, 0.15) is 0 Å². The van der Waals surface area contributed by atoms with Crippen molar-refractivity contribution >= 4 is 33.2 Å². The van der Waals surface area contributed by atoms with Crippen LogP contribution in [0.1, 0.15) is 30.4 Å². The van der Waals surface area contributed by atoms with E-state index < -0.39 is 21.8 Å². The molecular weight excluding hydrogens is 430 g/mol. The Hall–Kier alpha value is -2.91. The smallest absolute Gasteiger partial charge is 0.313 e. The maximum Gasteiger partial charge on any atom is 0.313 e. The van der Waals surface area contributed by atoms with Gasteiger partial charge in [0.15, 0.2) is 0 Å². The van der Waals surface area contributed by atoms with Crippen molar-refractivity contribution in [3.05, 3.63) is 53.6 Å². The number of rotatable bonds is 5. The third-order valence-electron chi connectivity index (χ3n) is 5.75. The van der Waals surface area contributed by atoms with E-state index in [9.17, 15) is 18.0 Å². The molecule has 32 heavy (non-hydrogen) atoms. The summed E-state index contributed by atoms with van der Waals surface area (Å²) < 4.78 is 33.4. The fourth-order valence-electron chi connectivity index (χ4n) is 3.99. The van der Waals surface area contributed by atoms with Crippen LogP contribution in [0.15, 0.2) is 47.4 Å². The van der Waals surface area contributed by atoms with Crippen molar-refractivity contribution in [2.24, 2.45) is 0 Å². The summed E-state index contributed by atoms with van der Waals surface area (Å²) in [5, 5.41) is 5.16. The number of sulfonamides is 1. The second-order valence-corrected chi connectivity index (χ2v) is 10.00. The van der Waals surface area contributed by atoms with Crippen LogP contribution in [-0.4, -0.2) is 46.0 Å². The van der Waals surface area contributed by atoms with E-state index in [-0.39, 0.29) is 11.0 Å². The van der Waals surface area contributed by atoms with Crippen molar-refractivity contribution in [3.8, 4) is 0 Å². The zero-order valence-corrected chi connectivity index (χ0v) is 18.8. The Morgan fingerprint density at radius 1 is 1.09 bits per heavy atom. The normalized spacial score (nSPS) is 18.2. The Kier molecular flexibility index (Phi) is 6.48. The fraction of sp³-hybridized carbons (Fsp3) is 0.391. The van der Waals surface area contributed by atoms with E-state index in [1.807, 2.05) is 6.92 Å². The number of carbonyl (C=O) groups excluding carboxylic acids is 2. The lowest BCUT2D eigenvalue weighted by atomic mass is 10.0. The Morgan fingerprint density at radius 2 is 1.88 bits per heavy atom. The van der Waals surface area contributed by atoms with E-state index in [0.717, 1.165) is 30.4 Å². The van der Waals surface area contributed by atoms with Crippen LogP contribution in [0.4, 0.5) is 11.4 Å². The van der Waals surface area contributed by atoms with Crippen LogP contribution in [0.2, 0.25) is 0 Å². The molecule has 2 aromatic carbocycles. The van der Waals surface area contributed by atoms with E-state index in [2.05, 4.69) is 10.6 Å². The summed E-state index contributed by atoms with van der Waals surface area (Å²) in [5.74, 6) is -1.55. The molecule has 170 valence electrons. The average molecular weight is 458 g/mol. The maximum atomic E-state index is 13.3. The van der Waals surface area contributed by atoms with Gasteiger partial charge in [-0.3, -0.25) is 13.9 Å². The summed E-state index contributed by atoms with van der Waals surface area (Å²) in [6, 6.07) is 11.8. The third-order valence-corrected chi connectivity index (χ3v) is 7.58. The Labute approximate surface area is 188 Å². The number of nitrogens with one attached hydrogen (secondary N) is 2. The van der Waals surface area contributed by atoms with Crippen LogP contribution >= 0.6 is 0 Å². The number of ether oxygens (including phenoxy) is 1. The van der Waals surface area contributed by atoms with Crippen LogP contribution in [-0.2, 0) is 30.8 Å². The number of anilines is 2. The molecule has 2 aromatic rings. The highest BCUT2D eigenvalue weighted by Gasteiger charge is 2.29. The van der Waals surface area contributed by atoms with Crippen LogP contribution in [0.25, 0.3) is 0 Å². The Bertz CT molecular complexity index is 1110. The molecule has 0 aromatic heterocycles. The Morgan fingerprint density at radius 3 is 2.59 bits per heavy atom. The summed E-state index contributed by atoms with van der Waals surface area (Å²) >= 11 is 0. The summed E-state index contributed by atoms with van der Waals surface area (Å²) in [6.45, 7) is 3.21. The first kappa shape index (κ1) is 22.3. The Balaban J connectivity index is 1.50. The number of aryl methyl sites for hydroxylation is 2. The number of benzene rings is 2. The van der Waals surface area contributed by atoms with Gasteiger partial charge in [0.2, 0.25) is 0 Å². The van der Waals surface area contributed by atoms with Crippen molar-refractivity contribution < 1.29 is 22.7 Å². The molecule has 2 amide bonds. The minimum absolute atomic E-state index is 0.0592. The number of fused-ring (bicyclic) bond motifs is 1. The number of nitrogens with zero attached hydrogens (tertiary/aromatic N) is 1. The lowest BCUT2D eigenvalue weighted by Gasteiger charge is -2.31. The van der Waals surface area contributed by atoms with Gasteiger partial charge in [-0.1, -0.05) is 23.8 Å². The van der Waals surface area contributed by atoms with Gasteiger partial charge in [-0.05, 0) is 62.4 Å². The first-order valence-electron chi connectivity index (χ1n) is 10.8.